The average Bonchev–Trinajstić information content (AvgIpc) is 2.82. The molecule has 0 aromatic heterocycles. The Labute approximate surface area is 203 Å². The van der Waals surface area contributed by atoms with E-state index in [4.69, 9.17) is 21.1 Å². The minimum absolute atomic E-state index is 0.0690. The van der Waals surface area contributed by atoms with E-state index in [-0.39, 0.29) is 18.7 Å². The fourth-order valence-corrected chi connectivity index (χ4v) is 3.10. The van der Waals surface area contributed by atoms with Gasteiger partial charge in [0.05, 0.1) is 6.42 Å². The first-order valence-electron chi connectivity index (χ1n) is 10.6. The topological polar surface area (TPSA) is 93.7 Å². The number of hydrogen-bond donors (Lipinski definition) is 2. The smallest absolute Gasteiger partial charge is 0.306 e. The molecule has 0 fully saturated rings. The van der Waals surface area contributed by atoms with Gasteiger partial charge in [0, 0.05) is 22.8 Å². The van der Waals surface area contributed by atoms with Crippen molar-refractivity contribution in [2.45, 2.75) is 26.7 Å². The molecule has 0 aliphatic rings. The molecule has 34 heavy (non-hydrogen) atoms. The van der Waals surface area contributed by atoms with Crippen LogP contribution in [-0.2, 0) is 19.1 Å². The number of benzene rings is 3. The molecule has 8 heteroatoms. The summed E-state index contributed by atoms with van der Waals surface area (Å²) in [6.45, 7) is 3.43. The first-order valence-corrected chi connectivity index (χ1v) is 11.0. The van der Waals surface area contributed by atoms with Gasteiger partial charge in [-0.05, 0) is 79.6 Å². The molecule has 3 aromatic carbocycles. The number of halogens is 1. The zero-order valence-corrected chi connectivity index (χ0v) is 19.6. The SMILES string of the molecule is Cc1cccc(NC(=O)COC(=O)CCC(=O)Nc2ccc(Oc3ccc(Cl)cc3)cc2)c1C. The van der Waals surface area contributed by atoms with Gasteiger partial charge in [-0.1, -0.05) is 23.7 Å². The van der Waals surface area contributed by atoms with E-state index in [0.29, 0.717) is 27.9 Å². The fourth-order valence-electron chi connectivity index (χ4n) is 2.98. The van der Waals surface area contributed by atoms with Gasteiger partial charge in [0.2, 0.25) is 5.91 Å². The van der Waals surface area contributed by atoms with Crippen molar-refractivity contribution in [3.8, 4) is 11.5 Å². The van der Waals surface area contributed by atoms with E-state index in [1.165, 1.54) is 0 Å². The Balaban J connectivity index is 1.37. The zero-order valence-electron chi connectivity index (χ0n) is 18.9. The molecular weight excluding hydrogens is 456 g/mol. The van der Waals surface area contributed by atoms with Crippen LogP contribution < -0.4 is 15.4 Å². The van der Waals surface area contributed by atoms with Crippen LogP contribution in [0.25, 0.3) is 0 Å². The summed E-state index contributed by atoms with van der Waals surface area (Å²) in [5.74, 6) is -0.168. The molecule has 0 atom stereocenters. The first kappa shape index (κ1) is 24.8. The molecule has 176 valence electrons. The number of carbonyl (C=O) groups excluding carboxylic acids is 3. The molecule has 3 rings (SSSR count). The van der Waals surface area contributed by atoms with E-state index in [9.17, 15) is 14.4 Å². The molecule has 3 aromatic rings. The van der Waals surface area contributed by atoms with Crippen molar-refractivity contribution >= 4 is 40.8 Å². The molecule has 0 spiro atoms. The quantitative estimate of drug-likeness (QED) is 0.386. The monoisotopic (exact) mass is 480 g/mol. The lowest BCUT2D eigenvalue weighted by Gasteiger charge is -2.11. The number of ether oxygens (including phenoxy) is 2. The molecule has 0 aliphatic heterocycles. The highest BCUT2D eigenvalue weighted by molar-refractivity contribution is 6.30. The first-order chi connectivity index (χ1) is 16.3. The molecule has 2 amide bonds. The second-order valence-corrected chi connectivity index (χ2v) is 8.02. The van der Waals surface area contributed by atoms with Crippen molar-refractivity contribution in [2.75, 3.05) is 17.2 Å². The van der Waals surface area contributed by atoms with Crippen LogP contribution >= 0.6 is 11.6 Å². The molecule has 0 saturated carbocycles. The average molecular weight is 481 g/mol. The van der Waals surface area contributed by atoms with Crippen LogP contribution in [0, 0.1) is 13.8 Å². The van der Waals surface area contributed by atoms with Crippen LogP contribution in [0.2, 0.25) is 5.02 Å². The minimum Gasteiger partial charge on any atom is -0.457 e. The number of hydrogen-bond acceptors (Lipinski definition) is 5. The van der Waals surface area contributed by atoms with Crippen LogP contribution in [0.15, 0.2) is 66.7 Å². The summed E-state index contributed by atoms with van der Waals surface area (Å²) in [4.78, 5) is 36.1. The van der Waals surface area contributed by atoms with Crippen LogP contribution in [-0.4, -0.2) is 24.4 Å². The third-order valence-electron chi connectivity index (χ3n) is 4.99. The van der Waals surface area contributed by atoms with Gasteiger partial charge in [-0.2, -0.15) is 0 Å². The van der Waals surface area contributed by atoms with Crippen molar-refractivity contribution in [1.29, 1.82) is 0 Å². The van der Waals surface area contributed by atoms with Crippen LogP contribution in [0.3, 0.4) is 0 Å². The van der Waals surface area contributed by atoms with Crippen LogP contribution in [0.5, 0.6) is 11.5 Å². The summed E-state index contributed by atoms with van der Waals surface area (Å²) in [5.41, 5.74) is 3.23. The van der Waals surface area contributed by atoms with Crippen molar-refractivity contribution in [3.05, 3.63) is 82.9 Å². The van der Waals surface area contributed by atoms with Gasteiger partial charge in [-0.25, -0.2) is 0 Å². The summed E-state index contributed by atoms with van der Waals surface area (Å²) < 4.78 is 10.7. The van der Waals surface area contributed by atoms with Gasteiger partial charge in [-0.15, -0.1) is 0 Å². The van der Waals surface area contributed by atoms with Crippen LogP contribution in [0.4, 0.5) is 11.4 Å². The maximum Gasteiger partial charge on any atom is 0.306 e. The largest absolute Gasteiger partial charge is 0.457 e. The molecule has 0 heterocycles. The van der Waals surface area contributed by atoms with Gasteiger partial charge in [0.25, 0.3) is 5.91 Å². The fraction of sp³-hybridized carbons (Fsp3) is 0.192. The van der Waals surface area contributed by atoms with E-state index in [1.807, 2.05) is 26.0 Å². The van der Waals surface area contributed by atoms with Crippen molar-refractivity contribution < 1.29 is 23.9 Å². The molecular formula is C26H25ClN2O5. The summed E-state index contributed by atoms with van der Waals surface area (Å²) in [6.07, 6.45) is -0.208. The summed E-state index contributed by atoms with van der Waals surface area (Å²) in [6, 6.07) is 19.3. The standard InChI is InChI=1S/C26H25ClN2O5/c1-17-4-3-5-23(18(17)2)29-25(31)16-33-26(32)15-14-24(30)28-20-8-12-22(13-9-20)34-21-10-6-19(27)7-11-21/h3-13H,14-16H2,1-2H3,(H,28,30)(H,29,31). The van der Waals surface area contributed by atoms with Crippen molar-refractivity contribution in [3.63, 3.8) is 0 Å². The normalized spacial score (nSPS) is 10.3. The zero-order chi connectivity index (χ0) is 24.5. The maximum atomic E-state index is 12.1. The Morgan fingerprint density at radius 3 is 2.12 bits per heavy atom. The number of aryl methyl sites for hydroxylation is 1. The highest BCUT2D eigenvalue weighted by Gasteiger charge is 2.12. The number of carbonyl (C=O) groups is 3. The van der Waals surface area contributed by atoms with E-state index < -0.39 is 18.5 Å². The second-order valence-electron chi connectivity index (χ2n) is 7.58. The summed E-state index contributed by atoms with van der Waals surface area (Å²) >= 11 is 5.86. The minimum atomic E-state index is -0.627. The molecule has 2 N–H and O–H groups in total. The van der Waals surface area contributed by atoms with Gasteiger partial charge in [0.1, 0.15) is 11.5 Å². The summed E-state index contributed by atoms with van der Waals surface area (Å²) in [5, 5.41) is 6.04. The Hall–Kier alpha value is -3.84. The number of amides is 2. The Morgan fingerprint density at radius 2 is 1.44 bits per heavy atom. The summed E-state index contributed by atoms with van der Waals surface area (Å²) in [7, 11) is 0. The Morgan fingerprint density at radius 1 is 0.794 bits per heavy atom. The Bertz CT molecular complexity index is 1160. The molecule has 7 nitrogen and oxygen atoms in total. The third kappa shape index (κ3) is 7.64. The number of nitrogens with one attached hydrogen (secondary N) is 2. The van der Waals surface area contributed by atoms with E-state index in [1.54, 1.807) is 54.6 Å². The van der Waals surface area contributed by atoms with E-state index in [2.05, 4.69) is 10.6 Å². The number of rotatable bonds is 9. The molecule has 0 bridgehead atoms. The maximum absolute atomic E-state index is 12.1. The van der Waals surface area contributed by atoms with E-state index >= 15 is 0 Å². The highest BCUT2D eigenvalue weighted by Crippen LogP contribution is 2.24. The van der Waals surface area contributed by atoms with Crippen molar-refractivity contribution in [1.82, 2.24) is 0 Å². The molecule has 0 radical (unpaired) electrons. The lowest BCUT2D eigenvalue weighted by Crippen LogP contribution is -2.22. The third-order valence-corrected chi connectivity index (χ3v) is 5.24. The van der Waals surface area contributed by atoms with Gasteiger partial charge in [-0.3, -0.25) is 14.4 Å². The molecule has 0 aliphatic carbocycles. The molecule has 0 unspecified atom stereocenters. The lowest BCUT2D eigenvalue weighted by atomic mass is 10.1. The number of esters is 1. The molecule has 0 saturated heterocycles. The predicted octanol–water partition coefficient (Wildman–Crippen LogP) is 5.65. The van der Waals surface area contributed by atoms with Crippen molar-refractivity contribution in [2.24, 2.45) is 0 Å². The Kier molecular flexibility index (Phi) is 8.65. The predicted molar refractivity (Wildman–Crippen MR) is 131 cm³/mol. The van der Waals surface area contributed by atoms with E-state index in [0.717, 1.165) is 11.1 Å². The van der Waals surface area contributed by atoms with Gasteiger partial charge < -0.3 is 20.1 Å². The number of anilines is 2. The second kappa shape index (κ2) is 11.9. The lowest BCUT2D eigenvalue weighted by molar-refractivity contribution is -0.147. The van der Waals surface area contributed by atoms with Crippen LogP contribution in [0.1, 0.15) is 24.0 Å². The van der Waals surface area contributed by atoms with Gasteiger partial charge in [0.15, 0.2) is 6.61 Å². The van der Waals surface area contributed by atoms with Gasteiger partial charge >= 0.3 is 5.97 Å². The highest BCUT2D eigenvalue weighted by atomic mass is 35.5.